The van der Waals surface area contributed by atoms with Gasteiger partial charge in [-0.05, 0) is 76.5 Å². The Bertz CT molecular complexity index is 944. The third-order valence-corrected chi connectivity index (χ3v) is 9.10. The van der Waals surface area contributed by atoms with Gasteiger partial charge in [-0.2, -0.15) is 0 Å². The SMILES string of the molecule is C=C1CC[C@H]2CC3=C(O[C@]2(C)CC[C@@H]2[C@@H]1CC2(C)C)C(C)(C)C(=O)C(C(=O)C(C)C)=C3O. The van der Waals surface area contributed by atoms with E-state index in [9.17, 15) is 14.7 Å². The molecule has 0 saturated heterocycles. The van der Waals surface area contributed by atoms with Gasteiger partial charge in [-0.25, -0.2) is 0 Å². The number of carbonyl (C=O) groups is 2. The Morgan fingerprint density at radius 1 is 1.16 bits per heavy atom. The Kier molecular flexibility index (Phi) is 5.34. The Balaban J connectivity index is 1.75. The molecule has 3 aliphatic carbocycles. The van der Waals surface area contributed by atoms with E-state index < -0.39 is 11.0 Å². The van der Waals surface area contributed by atoms with Crippen LogP contribution in [0.15, 0.2) is 34.8 Å². The first-order chi connectivity index (χ1) is 14.7. The van der Waals surface area contributed by atoms with E-state index in [1.165, 1.54) is 12.0 Å². The summed E-state index contributed by atoms with van der Waals surface area (Å²) in [6, 6.07) is 0. The third-order valence-electron chi connectivity index (χ3n) is 9.10. The molecule has 0 bridgehead atoms. The van der Waals surface area contributed by atoms with Crippen molar-refractivity contribution in [1.29, 1.82) is 0 Å². The molecule has 32 heavy (non-hydrogen) atoms. The van der Waals surface area contributed by atoms with Gasteiger partial charge in [0, 0.05) is 17.4 Å². The van der Waals surface area contributed by atoms with Gasteiger partial charge in [0.2, 0.25) is 0 Å². The van der Waals surface area contributed by atoms with Gasteiger partial charge in [-0.3, -0.25) is 9.59 Å². The first kappa shape index (κ1) is 23.3. The molecule has 2 fully saturated rings. The molecule has 4 rings (SSSR count). The summed E-state index contributed by atoms with van der Waals surface area (Å²) in [4.78, 5) is 26.2. The van der Waals surface area contributed by atoms with Gasteiger partial charge >= 0.3 is 0 Å². The summed E-state index contributed by atoms with van der Waals surface area (Å²) in [5, 5.41) is 11.1. The van der Waals surface area contributed by atoms with Gasteiger partial charge in [0.15, 0.2) is 11.6 Å². The number of ketones is 2. The molecule has 1 aliphatic heterocycles. The maximum Gasteiger partial charge on any atom is 0.183 e. The normalized spacial score (nSPS) is 36.2. The highest BCUT2D eigenvalue weighted by Gasteiger charge is 2.55. The first-order valence-corrected chi connectivity index (χ1v) is 12.3. The van der Waals surface area contributed by atoms with Gasteiger partial charge in [0.25, 0.3) is 0 Å². The second-order valence-corrected chi connectivity index (χ2v) is 12.5. The molecule has 0 aromatic rings. The fraction of sp³-hybridized carbons (Fsp3) is 0.714. The van der Waals surface area contributed by atoms with Crippen LogP contribution in [0.4, 0.5) is 0 Å². The predicted molar refractivity (Wildman–Crippen MR) is 126 cm³/mol. The van der Waals surface area contributed by atoms with Crippen LogP contribution in [0.25, 0.3) is 0 Å². The summed E-state index contributed by atoms with van der Waals surface area (Å²) >= 11 is 0. The minimum Gasteiger partial charge on any atom is -0.507 e. The molecule has 4 aliphatic rings. The summed E-state index contributed by atoms with van der Waals surface area (Å²) in [6.07, 6.45) is 5.77. The zero-order valence-electron chi connectivity index (χ0n) is 20.9. The van der Waals surface area contributed by atoms with Crippen molar-refractivity contribution in [2.45, 2.75) is 92.6 Å². The standard InChI is InChI=1S/C28H40O4/c1-15(2)22(29)21-23(30)18-13-17-10-9-16(3)19-14-26(4,5)20(19)11-12-28(17,8)32-25(18)27(6,7)24(21)31/h15,17,19-20,30H,3,9-14H2,1-2,4-8H3/t17-,19+,20+,28+/m0/s1. The van der Waals surface area contributed by atoms with E-state index in [2.05, 4.69) is 27.4 Å². The summed E-state index contributed by atoms with van der Waals surface area (Å²) in [6.45, 7) is 18.5. The average molecular weight is 441 g/mol. The van der Waals surface area contributed by atoms with Crippen LogP contribution in [0, 0.1) is 34.5 Å². The number of allylic oxidation sites excluding steroid dienone is 4. The third kappa shape index (κ3) is 3.31. The van der Waals surface area contributed by atoms with Crippen LogP contribution in [-0.2, 0) is 14.3 Å². The van der Waals surface area contributed by atoms with Crippen molar-refractivity contribution in [3.05, 3.63) is 34.8 Å². The maximum atomic E-state index is 13.4. The Morgan fingerprint density at radius 2 is 1.81 bits per heavy atom. The highest BCUT2D eigenvalue weighted by molar-refractivity contribution is 6.24. The summed E-state index contributed by atoms with van der Waals surface area (Å²) in [5.74, 6) is 0.878. The molecule has 2 saturated carbocycles. The van der Waals surface area contributed by atoms with Crippen molar-refractivity contribution < 1.29 is 19.4 Å². The molecule has 4 heteroatoms. The first-order valence-electron chi connectivity index (χ1n) is 12.3. The van der Waals surface area contributed by atoms with Crippen molar-refractivity contribution in [3.8, 4) is 0 Å². The minimum atomic E-state index is -0.963. The number of carbonyl (C=O) groups excluding carboxylic acids is 2. The van der Waals surface area contributed by atoms with Crippen LogP contribution in [0.2, 0.25) is 0 Å². The van der Waals surface area contributed by atoms with E-state index >= 15 is 0 Å². The molecule has 4 atom stereocenters. The van der Waals surface area contributed by atoms with Gasteiger partial charge in [-0.1, -0.05) is 39.8 Å². The molecule has 0 unspecified atom stereocenters. The zero-order valence-corrected chi connectivity index (χ0v) is 20.9. The van der Waals surface area contributed by atoms with E-state index in [-0.39, 0.29) is 34.7 Å². The van der Waals surface area contributed by atoms with Gasteiger partial charge in [0.05, 0.1) is 5.41 Å². The smallest absolute Gasteiger partial charge is 0.183 e. The molecule has 1 N–H and O–H groups in total. The topological polar surface area (TPSA) is 63.6 Å². The molecule has 0 radical (unpaired) electrons. The maximum absolute atomic E-state index is 13.4. The fourth-order valence-electron chi connectivity index (χ4n) is 6.75. The van der Waals surface area contributed by atoms with Crippen LogP contribution in [0.1, 0.15) is 87.0 Å². The van der Waals surface area contributed by atoms with Crippen LogP contribution < -0.4 is 0 Å². The number of aliphatic hydroxyl groups excluding tert-OH is 1. The zero-order chi connectivity index (χ0) is 23.8. The molecule has 1 heterocycles. The number of Topliss-reactive ketones (excluding diaryl/α,β-unsaturated/α-hetero) is 2. The highest BCUT2D eigenvalue weighted by atomic mass is 16.5. The molecule has 0 aromatic heterocycles. The fourth-order valence-corrected chi connectivity index (χ4v) is 6.75. The van der Waals surface area contributed by atoms with Crippen molar-refractivity contribution in [1.82, 2.24) is 0 Å². The van der Waals surface area contributed by atoms with Crippen molar-refractivity contribution in [3.63, 3.8) is 0 Å². The number of rotatable bonds is 2. The average Bonchev–Trinajstić information content (AvgIpc) is 2.73. The number of fused-ring (bicyclic) bond motifs is 2. The number of hydrogen-bond acceptors (Lipinski definition) is 4. The lowest BCUT2D eigenvalue weighted by molar-refractivity contribution is -0.134. The quantitative estimate of drug-likeness (QED) is 0.394. The molecule has 4 nitrogen and oxygen atoms in total. The second-order valence-electron chi connectivity index (χ2n) is 12.5. The largest absolute Gasteiger partial charge is 0.507 e. The molecule has 0 spiro atoms. The lowest BCUT2D eigenvalue weighted by atomic mass is 9.52. The molecular weight excluding hydrogens is 400 g/mol. The van der Waals surface area contributed by atoms with Gasteiger partial charge in [0.1, 0.15) is 22.7 Å². The minimum absolute atomic E-state index is 0.0387. The molecular formula is C28H40O4. The van der Waals surface area contributed by atoms with Crippen LogP contribution in [-0.4, -0.2) is 22.3 Å². The summed E-state index contributed by atoms with van der Waals surface area (Å²) in [5.41, 5.74) is 0.952. The number of aliphatic hydroxyl groups is 1. The monoisotopic (exact) mass is 440 g/mol. The molecule has 0 aromatic carbocycles. The number of ether oxygens (including phenoxy) is 1. The van der Waals surface area contributed by atoms with E-state index in [0.29, 0.717) is 35.0 Å². The Hall–Kier alpha value is -1.84. The molecule has 176 valence electrons. The van der Waals surface area contributed by atoms with E-state index in [0.717, 1.165) is 25.7 Å². The highest BCUT2D eigenvalue weighted by Crippen LogP contribution is 2.59. The summed E-state index contributed by atoms with van der Waals surface area (Å²) in [7, 11) is 0. The van der Waals surface area contributed by atoms with E-state index in [1.54, 1.807) is 13.8 Å². The Morgan fingerprint density at radius 3 is 2.41 bits per heavy atom. The summed E-state index contributed by atoms with van der Waals surface area (Å²) < 4.78 is 6.75. The van der Waals surface area contributed by atoms with Crippen LogP contribution in [0.3, 0.4) is 0 Å². The Labute approximate surface area is 193 Å². The lowest BCUT2D eigenvalue weighted by Crippen LogP contribution is -2.49. The van der Waals surface area contributed by atoms with Crippen molar-refractivity contribution in [2.75, 3.05) is 0 Å². The molecule has 0 amide bonds. The van der Waals surface area contributed by atoms with Gasteiger partial charge < -0.3 is 9.84 Å². The van der Waals surface area contributed by atoms with E-state index in [1.807, 2.05) is 13.8 Å². The number of hydrogen-bond donors (Lipinski definition) is 1. The predicted octanol–water partition coefficient (Wildman–Crippen LogP) is 6.47. The van der Waals surface area contributed by atoms with Crippen LogP contribution in [0.5, 0.6) is 0 Å². The van der Waals surface area contributed by atoms with Gasteiger partial charge in [-0.15, -0.1) is 0 Å². The van der Waals surface area contributed by atoms with E-state index in [4.69, 9.17) is 4.74 Å². The second kappa shape index (κ2) is 7.33. The van der Waals surface area contributed by atoms with Crippen molar-refractivity contribution >= 4 is 11.6 Å². The van der Waals surface area contributed by atoms with Crippen molar-refractivity contribution in [2.24, 2.45) is 34.5 Å². The van der Waals surface area contributed by atoms with Crippen LogP contribution >= 0.6 is 0 Å². The lowest BCUT2D eigenvalue weighted by Gasteiger charge is -2.53.